The van der Waals surface area contributed by atoms with E-state index in [9.17, 15) is 8.42 Å². The Bertz CT molecular complexity index is 691. The first-order valence-corrected chi connectivity index (χ1v) is 7.03. The summed E-state index contributed by atoms with van der Waals surface area (Å²) >= 11 is 5.67. The second-order valence-electron chi connectivity index (χ2n) is 3.46. The maximum absolute atomic E-state index is 12.2. The first kappa shape index (κ1) is 13.6. The number of methoxy groups -OCH3 is 1. The number of hydrogen-bond acceptors (Lipinski definition) is 5. The molecule has 0 radical (unpaired) electrons. The standard InChI is InChI=1S/C11H10ClN3O3S/c1-18-8-4-2-3-5-9(8)19(16,17)15-11-13-7-6-10(12)14-11/h2-7H,1H3,(H,13,14,15). The van der Waals surface area contributed by atoms with E-state index in [0.717, 1.165) is 0 Å². The number of anilines is 1. The van der Waals surface area contributed by atoms with Crippen molar-refractivity contribution < 1.29 is 13.2 Å². The van der Waals surface area contributed by atoms with Gasteiger partial charge in [0.2, 0.25) is 5.95 Å². The summed E-state index contributed by atoms with van der Waals surface area (Å²) in [5, 5.41) is 0.146. The average Bonchev–Trinajstić information content (AvgIpc) is 2.38. The van der Waals surface area contributed by atoms with E-state index in [4.69, 9.17) is 16.3 Å². The average molecular weight is 300 g/mol. The van der Waals surface area contributed by atoms with E-state index in [1.54, 1.807) is 18.2 Å². The largest absolute Gasteiger partial charge is 0.495 e. The summed E-state index contributed by atoms with van der Waals surface area (Å²) in [7, 11) is -2.44. The van der Waals surface area contributed by atoms with Crippen LogP contribution in [-0.2, 0) is 10.0 Å². The van der Waals surface area contributed by atoms with Gasteiger partial charge in [-0.05, 0) is 18.2 Å². The topological polar surface area (TPSA) is 81.2 Å². The Morgan fingerprint density at radius 1 is 1.26 bits per heavy atom. The Morgan fingerprint density at radius 2 is 2.00 bits per heavy atom. The molecule has 0 aliphatic heterocycles. The van der Waals surface area contributed by atoms with Crippen LogP contribution in [0.25, 0.3) is 0 Å². The lowest BCUT2D eigenvalue weighted by Crippen LogP contribution is -2.15. The molecule has 0 aliphatic carbocycles. The van der Waals surface area contributed by atoms with Crippen LogP contribution in [0.1, 0.15) is 0 Å². The van der Waals surface area contributed by atoms with Gasteiger partial charge >= 0.3 is 0 Å². The number of aromatic nitrogens is 2. The van der Waals surface area contributed by atoms with Gasteiger partial charge in [-0.25, -0.2) is 23.1 Å². The van der Waals surface area contributed by atoms with Gasteiger partial charge < -0.3 is 4.74 Å². The highest BCUT2D eigenvalue weighted by Crippen LogP contribution is 2.24. The summed E-state index contributed by atoms with van der Waals surface area (Å²) in [5.41, 5.74) is 0. The number of ether oxygens (including phenoxy) is 1. The monoisotopic (exact) mass is 299 g/mol. The third kappa shape index (κ3) is 3.12. The predicted molar refractivity (Wildman–Crippen MR) is 70.8 cm³/mol. The second kappa shape index (κ2) is 5.41. The number of halogens is 1. The van der Waals surface area contributed by atoms with Gasteiger partial charge in [0.05, 0.1) is 7.11 Å². The molecular weight excluding hydrogens is 290 g/mol. The molecule has 2 rings (SSSR count). The number of hydrogen-bond donors (Lipinski definition) is 1. The van der Waals surface area contributed by atoms with Crippen molar-refractivity contribution in [3.63, 3.8) is 0 Å². The van der Waals surface area contributed by atoms with Crippen LogP contribution in [0.15, 0.2) is 41.4 Å². The molecular formula is C11H10ClN3O3S. The van der Waals surface area contributed by atoms with Crippen LogP contribution < -0.4 is 9.46 Å². The molecule has 0 bridgehead atoms. The van der Waals surface area contributed by atoms with Gasteiger partial charge in [-0.1, -0.05) is 23.7 Å². The zero-order valence-electron chi connectivity index (χ0n) is 9.87. The van der Waals surface area contributed by atoms with Crippen molar-refractivity contribution in [2.75, 3.05) is 11.8 Å². The van der Waals surface area contributed by atoms with Crippen LogP contribution >= 0.6 is 11.6 Å². The Morgan fingerprint density at radius 3 is 2.68 bits per heavy atom. The molecule has 0 fully saturated rings. The first-order valence-electron chi connectivity index (χ1n) is 5.17. The number of nitrogens with zero attached hydrogens (tertiary/aromatic N) is 2. The molecule has 6 nitrogen and oxygen atoms in total. The molecule has 0 saturated carbocycles. The maximum Gasteiger partial charge on any atom is 0.267 e. The Kier molecular flexibility index (Phi) is 3.87. The van der Waals surface area contributed by atoms with Crippen LogP contribution in [-0.4, -0.2) is 25.5 Å². The van der Waals surface area contributed by atoms with E-state index in [1.807, 2.05) is 0 Å². The summed E-state index contributed by atoms with van der Waals surface area (Å²) in [4.78, 5) is 7.54. The molecule has 1 aromatic heterocycles. The highest BCUT2D eigenvalue weighted by molar-refractivity contribution is 7.92. The minimum Gasteiger partial charge on any atom is -0.495 e. The molecule has 1 N–H and O–H groups in total. The van der Waals surface area contributed by atoms with E-state index in [0.29, 0.717) is 0 Å². The van der Waals surface area contributed by atoms with Crippen molar-refractivity contribution in [1.82, 2.24) is 9.97 Å². The lowest BCUT2D eigenvalue weighted by atomic mass is 10.3. The van der Waals surface area contributed by atoms with Gasteiger partial charge in [0.25, 0.3) is 10.0 Å². The second-order valence-corrected chi connectivity index (χ2v) is 5.50. The number of sulfonamides is 1. The zero-order valence-corrected chi connectivity index (χ0v) is 11.4. The summed E-state index contributed by atoms with van der Waals surface area (Å²) < 4.78 is 31.6. The highest BCUT2D eigenvalue weighted by Gasteiger charge is 2.20. The van der Waals surface area contributed by atoms with Crippen molar-refractivity contribution >= 4 is 27.6 Å². The molecule has 0 aliphatic rings. The van der Waals surface area contributed by atoms with Gasteiger partial charge in [0.15, 0.2) is 0 Å². The van der Waals surface area contributed by atoms with E-state index < -0.39 is 10.0 Å². The van der Waals surface area contributed by atoms with Crippen LogP contribution in [0.3, 0.4) is 0 Å². The number of nitrogens with one attached hydrogen (secondary N) is 1. The van der Waals surface area contributed by atoms with E-state index in [1.165, 1.54) is 25.4 Å². The van der Waals surface area contributed by atoms with Gasteiger partial charge in [-0.15, -0.1) is 0 Å². The van der Waals surface area contributed by atoms with Crippen molar-refractivity contribution in [3.8, 4) is 5.75 Å². The lowest BCUT2D eigenvalue weighted by Gasteiger charge is -2.10. The Labute approximate surface area is 115 Å². The molecule has 1 heterocycles. The van der Waals surface area contributed by atoms with E-state index in [-0.39, 0.29) is 21.7 Å². The number of benzene rings is 1. The van der Waals surface area contributed by atoms with Crippen LogP contribution in [0.4, 0.5) is 5.95 Å². The smallest absolute Gasteiger partial charge is 0.267 e. The van der Waals surface area contributed by atoms with Gasteiger partial charge in [0, 0.05) is 6.20 Å². The molecule has 100 valence electrons. The number of rotatable bonds is 4. The van der Waals surface area contributed by atoms with Gasteiger partial charge in [0.1, 0.15) is 15.8 Å². The molecule has 0 amide bonds. The van der Waals surface area contributed by atoms with Crippen molar-refractivity contribution in [1.29, 1.82) is 0 Å². The van der Waals surface area contributed by atoms with Crippen molar-refractivity contribution in [3.05, 3.63) is 41.7 Å². The molecule has 8 heteroatoms. The fourth-order valence-electron chi connectivity index (χ4n) is 1.40. The molecule has 0 saturated heterocycles. The van der Waals surface area contributed by atoms with E-state index in [2.05, 4.69) is 14.7 Å². The Balaban J connectivity index is 2.38. The summed E-state index contributed by atoms with van der Waals surface area (Å²) in [6, 6.07) is 7.69. The fraction of sp³-hybridized carbons (Fsp3) is 0.0909. The molecule has 0 spiro atoms. The molecule has 19 heavy (non-hydrogen) atoms. The molecule has 0 atom stereocenters. The van der Waals surface area contributed by atoms with Crippen molar-refractivity contribution in [2.24, 2.45) is 0 Å². The minimum absolute atomic E-state index is 0.000996. The third-order valence-electron chi connectivity index (χ3n) is 2.21. The van der Waals surface area contributed by atoms with Crippen LogP contribution in [0.5, 0.6) is 5.75 Å². The molecule has 2 aromatic rings. The normalized spacial score (nSPS) is 11.1. The summed E-state index contributed by atoms with van der Waals surface area (Å²) in [6.07, 6.45) is 1.36. The SMILES string of the molecule is COc1ccccc1S(=O)(=O)Nc1nccc(Cl)n1. The fourth-order valence-corrected chi connectivity index (χ4v) is 2.66. The highest BCUT2D eigenvalue weighted by atomic mass is 35.5. The third-order valence-corrected chi connectivity index (χ3v) is 3.78. The quantitative estimate of drug-likeness (QED) is 0.873. The Hall–Kier alpha value is -1.86. The van der Waals surface area contributed by atoms with Gasteiger partial charge in [-0.3, -0.25) is 0 Å². The minimum atomic E-state index is -3.83. The van der Waals surface area contributed by atoms with Gasteiger partial charge in [-0.2, -0.15) is 0 Å². The zero-order chi connectivity index (χ0) is 13.9. The molecule has 0 unspecified atom stereocenters. The lowest BCUT2D eigenvalue weighted by molar-refractivity contribution is 0.403. The molecule has 1 aromatic carbocycles. The van der Waals surface area contributed by atoms with E-state index >= 15 is 0 Å². The number of para-hydroxylation sites is 1. The van der Waals surface area contributed by atoms with Crippen LogP contribution in [0.2, 0.25) is 5.15 Å². The van der Waals surface area contributed by atoms with Crippen LogP contribution in [0, 0.1) is 0 Å². The maximum atomic E-state index is 12.2. The van der Waals surface area contributed by atoms with Crippen molar-refractivity contribution in [2.45, 2.75) is 4.90 Å². The predicted octanol–water partition coefficient (Wildman–Crippen LogP) is 1.94. The summed E-state index contributed by atoms with van der Waals surface area (Å²) in [6.45, 7) is 0. The first-order chi connectivity index (χ1) is 9.03. The summed E-state index contributed by atoms with van der Waals surface area (Å²) in [5.74, 6) is 0.135.